The third kappa shape index (κ3) is 5.97. The second-order valence-corrected chi connectivity index (χ2v) is 8.43. The van der Waals surface area contributed by atoms with E-state index in [1.807, 2.05) is 0 Å². The maximum atomic E-state index is 11.7. The van der Waals surface area contributed by atoms with Crippen molar-refractivity contribution >= 4 is 20.2 Å². The number of benzene rings is 1. The maximum absolute atomic E-state index is 11.7. The summed E-state index contributed by atoms with van der Waals surface area (Å²) in [5.41, 5.74) is 0.0419. The predicted octanol–water partition coefficient (Wildman–Crippen LogP) is 0.0565. The van der Waals surface area contributed by atoms with Crippen molar-refractivity contribution in [1.82, 2.24) is 9.44 Å². The molecule has 4 N–H and O–H groups in total. The van der Waals surface area contributed by atoms with Crippen molar-refractivity contribution in [3.63, 3.8) is 0 Å². The molecule has 20 heavy (non-hydrogen) atoms. The maximum Gasteiger partial charge on any atom is 0.277 e. The standard InChI is InChI=1S/C11H19N3O4S2/c1-11(2,3)14-20(17,18)13-8-9-4-6-10(7-5-9)19(12,15)16/h4-7,13-14H,8H2,1-3H3,(H2,12,15,16). The number of hydrogen-bond acceptors (Lipinski definition) is 4. The molecule has 0 saturated heterocycles. The van der Waals surface area contributed by atoms with E-state index in [0.29, 0.717) is 5.56 Å². The molecule has 0 aromatic heterocycles. The Hall–Kier alpha value is -1.00. The molecule has 114 valence electrons. The van der Waals surface area contributed by atoms with Gasteiger partial charge in [0.25, 0.3) is 10.2 Å². The number of sulfonamides is 1. The third-order valence-corrected chi connectivity index (χ3v) is 4.49. The highest BCUT2D eigenvalue weighted by Gasteiger charge is 2.19. The number of primary sulfonamides is 1. The lowest BCUT2D eigenvalue weighted by atomic mass is 10.1. The van der Waals surface area contributed by atoms with Crippen LogP contribution in [0.5, 0.6) is 0 Å². The van der Waals surface area contributed by atoms with Gasteiger partial charge in [0.05, 0.1) is 4.90 Å². The Morgan fingerprint density at radius 2 is 1.55 bits per heavy atom. The first kappa shape index (κ1) is 17.1. The summed E-state index contributed by atoms with van der Waals surface area (Å²) in [4.78, 5) is -0.0167. The van der Waals surface area contributed by atoms with Crippen LogP contribution in [0.15, 0.2) is 29.2 Å². The Labute approximate surface area is 119 Å². The van der Waals surface area contributed by atoms with Crippen LogP contribution in [-0.2, 0) is 26.8 Å². The fourth-order valence-corrected chi connectivity index (χ4v) is 3.16. The Morgan fingerprint density at radius 3 is 1.95 bits per heavy atom. The Bertz CT molecular complexity index is 659. The molecule has 0 aliphatic rings. The van der Waals surface area contributed by atoms with Gasteiger partial charge in [0, 0.05) is 12.1 Å². The molecule has 0 saturated carbocycles. The van der Waals surface area contributed by atoms with E-state index < -0.39 is 25.8 Å². The molecular weight excluding hydrogens is 302 g/mol. The summed E-state index contributed by atoms with van der Waals surface area (Å²) in [6, 6.07) is 5.66. The monoisotopic (exact) mass is 321 g/mol. The van der Waals surface area contributed by atoms with E-state index in [9.17, 15) is 16.8 Å². The first-order valence-corrected chi connectivity index (χ1v) is 8.82. The van der Waals surface area contributed by atoms with Gasteiger partial charge in [-0.05, 0) is 38.5 Å². The molecule has 0 radical (unpaired) electrons. The summed E-state index contributed by atoms with van der Waals surface area (Å²) < 4.78 is 50.4. The van der Waals surface area contributed by atoms with Gasteiger partial charge >= 0.3 is 0 Å². The third-order valence-electron chi connectivity index (χ3n) is 2.16. The van der Waals surface area contributed by atoms with E-state index in [-0.39, 0.29) is 11.4 Å². The second-order valence-electron chi connectivity index (χ2n) is 5.37. The van der Waals surface area contributed by atoms with Crippen LogP contribution < -0.4 is 14.6 Å². The Morgan fingerprint density at radius 1 is 1.05 bits per heavy atom. The fourth-order valence-electron chi connectivity index (χ4n) is 1.41. The van der Waals surface area contributed by atoms with E-state index in [1.54, 1.807) is 20.8 Å². The van der Waals surface area contributed by atoms with Gasteiger partial charge in [-0.25, -0.2) is 13.6 Å². The molecule has 0 spiro atoms. The van der Waals surface area contributed by atoms with Crippen LogP contribution in [-0.4, -0.2) is 22.4 Å². The van der Waals surface area contributed by atoms with E-state index in [0.717, 1.165) is 0 Å². The number of hydrogen-bond donors (Lipinski definition) is 3. The molecule has 7 nitrogen and oxygen atoms in total. The average molecular weight is 321 g/mol. The minimum atomic E-state index is -3.74. The summed E-state index contributed by atoms with van der Waals surface area (Å²) in [5.74, 6) is 0. The molecule has 0 bridgehead atoms. The minimum Gasteiger partial charge on any atom is -0.225 e. The number of rotatable bonds is 5. The quantitative estimate of drug-likeness (QED) is 0.710. The van der Waals surface area contributed by atoms with E-state index in [4.69, 9.17) is 5.14 Å². The molecule has 0 aliphatic heterocycles. The summed E-state index contributed by atoms with van der Waals surface area (Å²) in [5, 5.41) is 4.97. The van der Waals surface area contributed by atoms with Gasteiger partial charge in [-0.3, -0.25) is 0 Å². The molecule has 1 rings (SSSR count). The van der Waals surface area contributed by atoms with Crippen LogP contribution >= 0.6 is 0 Å². The second kappa shape index (κ2) is 5.78. The highest BCUT2D eigenvalue weighted by atomic mass is 32.2. The molecule has 0 fully saturated rings. The summed E-state index contributed by atoms with van der Waals surface area (Å²) in [7, 11) is -7.36. The molecule has 9 heteroatoms. The van der Waals surface area contributed by atoms with Crippen LogP contribution in [0.25, 0.3) is 0 Å². The zero-order valence-corrected chi connectivity index (χ0v) is 13.2. The van der Waals surface area contributed by atoms with Gasteiger partial charge < -0.3 is 0 Å². The summed E-state index contributed by atoms with van der Waals surface area (Å²) in [6.45, 7) is 5.24. The number of nitrogens with two attached hydrogens (primary N) is 1. The molecule has 0 unspecified atom stereocenters. The van der Waals surface area contributed by atoms with Crippen LogP contribution in [0.1, 0.15) is 26.3 Å². The summed E-state index contributed by atoms with van der Waals surface area (Å²) >= 11 is 0. The first-order valence-electron chi connectivity index (χ1n) is 5.79. The van der Waals surface area contributed by atoms with Crippen molar-refractivity contribution in [2.24, 2.45) is 5.14 Å². The molecule has 0 atom stereocenters. The van der Waals surface area contributed by atoms with Crippen LogP contribution in [0, 0.1) is 0 Å². The normalized spacial score (nSPS) is 13.4. The van der Waals surface area contributed by atoms with E-state index in [1.165, 1.54) is 24.3 Å². The van der Waals surface area contributed by atoms with E-state index in [2.05, 4.69) is 9.44 Å². The smallest absolute Gasteiger partial charge is 0.225 e. The molecule has 0 amide bonds. The van der Waals surface area contributed by atoms with Crippen molar-refractivity contribution in [1.29, 1.82) is 0 Å². The lowest BCUT2D eigenvalue weighted by molar-refractivity contribution is 0.483. The lowest BCUT2D eigenvalue weighted by Crippen LogP contribution is -2.46. The zero-order valence-electron chi connectivity index (χ0n) is 11.5. The van der Waals surface area contributed by atoms with Crippen LogP contribution in [0.2, 0.25) is 0 Å². The fraction of sp³-hybridized carbons (Fsp3) is 0.455. The largest absolute Gasteiger partial charge is 0.277 e. The van der Waals surface area contributed by atoms with Gasteiger partial charge in [0.15, 0.2) is 0 Å². The van der Waals surface area contributed by atoms with Gasteiger partial charge in [0.1, 0.15) is 0 Å². The van der Waals surface area contributed by atoms with Gasteiger partial charge in [0.2, 0.25) is 10.0 Å². The van der Waals surface area contributed by atoms with Crippen LogP contribution in [0.3, 0.4) is 0 Å². The van der Waals surface area contributed by atoms with Gasteiger partial charge in [-0.2, -0.15) is 17.9 Å². The van der Waals surface area contributed by atoms with Crippen molar-refractivity contribution in [3.8, 4) is 0 Å². The van der Waals surface area contributed by atoms with Crippen molar-refractivity contribution in [3.05, 3.63) is 29.8 Å². The van der Waals surface area contributed by atoms with Crippen molar-refractivity contribution < 1.29 is 16.8 Å². The highest BCUT2D eigenvalue weighted by molar-refractivity contribution is 7.89. The summed E-state index contributed by atoms with van der Waals surface area (Å²) in [6.07, 6.45) is 0. The first-order chi connectivity index (χ1) is 8.89. The lowest BCUT2D eigenvalue weighted by Gasteiger charge is -2.20. The van der Waals surface area contributed by atoms with Gasteiger partial charge in [-0.15, -0.1) is 0 Å². The van der Waals surface area contributed by atoms with E-state index >= 15 is 0 Å². The molecule has 0 aliphatic carbocycles. The van der Waals surface area contributed by atoms with Gasteiger partial charge in [-0.1, -0.05) is 12.1 Å². The molecule has 1 aromatic rings. The predicted molar refractivity (Wildman–Crippen MR) is 76.5 cm³/mol. The highest BCUT2D eigenvalue weighted by Crippen LogP contribution is 2.09. The van der Waals surface area contributed by atoms with Crippen molar-refractivity contribution in [2.45, 2.75) is 37.8 Å². The van der Waals surface area contributed by atoms with Crippen LogP contribution in [0.4, 0.5) is 0 Å². The topological polar surface area (TPSA) is 118 Å². The minimum absolute atomic E-state index is 0.0167. The number of nitrogens with one attached hydrogen (secondary N) is 2. The molecule has 0 heterocycles. The SMILES string of the molecule is CC(C)(C)NS(=O)(=O)NCc1ccc(S(N)(=O)=O)cc1. The Kier molecular flexibility index (Phi) is 4.93. The molecule has 1 aromatic carbocycles. The average Bonchev–Trinajstić information content (AvgIpc) is 2.22. The zero-order chi connectivity index (χ0) is 15.6. The van der Waals surface area contributed by atoms with Crippen molar-refractivity contribution in [2.75, 3.05) is 0 Å². The Balaban J connectivity index is 2.72. The molecular formula is C11H19N3O4S2.